The van der Waals surface area contributed by atoms with E-state index in [-0.39, 0.29) is 17.6 Å². The highest BCUT2D eigenvalue weighted by atomic mass is 19.1. The Bertz CT molecular complexity index is 686. The van der Waals surface area contributed by atoms with E-state index in [0.717, 1.165) is 0 Å². The lowest BCUT2D eigenvalue weighted by Gasteiger charge is -2.15. The summed E-state index contributed by atoms with van der Waals surface area (Å²) in [6.45, 7) is 3.29. The highest BCUT2D eigenvalue weighted by Gasteiger charge is 2.17. The van der Waals surface area contributed by atoms with Gasteiger partial charge in [-0.1, -0.05) is 18.2 Å². The second-order valence-corrected chi connectivity index (χ2v) is 5.01. The van der Waals surface area contributed by atoms with Crippen molar-refractivity contribution in [2.24, 2.45) is 0 Å². The first kappa shape index (κ1) is 15.7. The number of aryl methyl sites for hydroxylation is 1. The van der Waals surface area contributed by atoms with Gasteiger partial charge in [0.05, 0.1) is 0 Å². The van der Waals surface area contributed by atoms with E-state index < -0.39 is 6.04 Å². The summed E-state index contributed by atoms with van der Waals surface area (Å²) in [7, 11) is 0. The molecule has 2 N–H and O–H groups in total. The molecule has 0 radical (unpaired) electrons. The quantitative estimate of drug-likeness (QED) is 0.912. The van der Waals surface area contributed by atoms with Crippen molar-refractivity contribution in [3.63, 3.8) is 0 Å². The van der Waals surface area contributed by atoms with Crippen molar-refractivity contribution in [2.75, 3.05) is 5.32 Å². The van der Waals surface area contributed by atoms with Crippen LogP contribution in [-0.4, -0.2) is 17.9 Å². The molecule has 0 aromatic heterocycles. The molecule has 1 atom stereocenters. The molecule has 2 rings (SSSR count). The van der Waals surface area contributed by atoms with Gasteiger partial charge in [-0.2, -0.15) is 0 Å². The maximum atomic E-state index is 13.0. The molecule has 0 fully saturated rings. The number of rotatable bonds is 4. The fraction of sp³-hybridized carbons (Fsp3) is 0.176. The Hall–Kier alpha value is -2.69. The van der Waals surface area contributed by atoms with Gasteiger partial charge in [0.15, 0.2) is 0 Å². The number of benzene rings is 2. The van der Waals surface area contributed by atoms with Crippen LogP contribution in [0.3, 0.4) is 0 Å². The van der Waals surface area contributed by atoms with E-state index in [0.29, 0.717) is 16.8 Å². The van der Waals surface area contributed by atoms with E-state index >= 15 is 0 Å². The molecular weight excluding hydrogens is 283 g/mol. The summed E-state index contributed by atoms with van der Waals surface area (Å²) < 4.78 is 13.0. The first-order chi connectivity index (χ1) is 10.5. The van der Waals surface area contributed by atoms with Crippen molar-refractivity contribution >= 4 is 17.5 Å². The minimum atomic E-state index is -0.711. The number of halogens is 1. The van der Waals surface area contributed by atoms with Gasteiger partial charge in [0.25, 0.3) is 5.91 Å². The molecule has 0 aliphatic rings. The Morgan fingerprint density at radius 2 is 1.77 bits per heavy atom. The number of hydrogen-bond donors (Lipinski definition) is 2. The summed E-state index contributed by atoms with van der Waals surface area (Å²) in [5.41, 5.74) is 1.63. The molecule has 2 aromatic carbocycles. The van der Waals surface area contributed by atoms with Crippen LogP contribution < -0.4 is 10.6 Å². The fourth-order valence-corrected chi connectivity index (χ4v) is 1.94. The van der Waals surface area contributed by atoms with Gasteiger partial charge in [-0.3, -0.25) is 9.59 Å². The van der Waals surface area contributed by atoms with E-state index in [1.165, 1.54) is 18.2 Å². The fourth-order valence-electron chi connectivity index (χ4n) is 1.94. The van der Waals surface area contributed by atoms with E-state index in [1.807, 2.05) is 6.07 Å². The maximum Gasteiger partial charge on any atom is 0.251 e. The van der Waals surface area contributed by atoms with Gasteiger partial charge in [0.1, 0.15) is 11.9 Å². The molecule has 5 heteroatoms. The first-order valence-corrected chi connectivity index (χ1v) is 6.90. The number of carbonyl (C=O) groups excluding carboxylic acids is 2. The van der Waals surface area contributed by atoms with E-state index in [9.17, 15) is 14.0 Å². The van der Waals surface area contributed by atoms with Crippen LogP contribution in [0.4, 0.5) is 10.1 Å². The zero-order valence-corrected chi connectivity index (χ0v) is 12.4. The summed E-state index contributed by atoms with van der Waals surface area (Å²) in [4.78, 5) is 24.1. The Labute approximate surface area is 128 Å². The van der Waals surface area contributed by atoms with Gasteiger partial charge < -0.3 is 10.6 Å². The molecule has 2 amide bonds. The van der Waals surface area contributed by atoms with Gasteiger partial charge in [0.2, 0.25) is 5.91 Å². The summed E-state index contributed by atoms with van der Waals surface area (Å²) in [6, 6.07) is 12.0. The van der Waals surface area contributed by atoms with Crippen molar-refractivity contribution in [3.8, 4) is 0 Å². The van der Waals surface area contributed by atoms with Gasteiger partial charge in [-0.25, -0.2) is 4.39 Å². The lowest BCUT2D eigenvalue weighted by atomic mass is 10.1. The van der Waals surface area contributed by atoms with E-state index in [1.54, 1.807) is 38.1 Å². The minimum Gasteiger partial charge on any atom is -0.341 e. The molecule has 2 aromatic rings. The average molecular weight is 300 g/mol. The highest BCUT2D eigenvalue weighted by molar-refractivity contribution is 6.01. The van der Waals surface area contributed by atoms with E-state index in [2.05, 4.69) is 10.6 Å². The van der Waals surface area contributed by atoms with Crippen LogP contribution in [0.15, 0.2) is 48.5 Å². The molecule has 0 bridgehead atoms. The molecule has 114 valence electrons. The molecule has 4 nitrogen and oxygen atoms in total. The SMILES string of the molecule is Cc1cc(F)ccc1NC(=O)[C@@H](C)NC(=O)c1ccccc1. The van der Waals surface area contributed by atoms with Gasteiger partial charge >= 0.3 is 0 Å². The number of anilines is 1. The molecule has 0 unspecified atom stereocenters. The number of hydrogen-bond acceptors (Lipinski definition) is 2. The van der Waals surface area contributed by atoms with Crippen molar-refractivity contribution in [2.45, 2.75) is 19.9 Å². The largest absolute Gasteiger partial charge is 0.341 e. The number of amides is 2. The van der Waals surface area contributed by atoms with Crippen LogP contribution >= 0.6 is 0 Å². The standard InChI is InChI=1S/C17H17FN2O2/c1-11-10-14(18)8-9-15(11)20-16(21)12(2)19-17(22)13-6-4-3-5-7-13/h3-10,12H,1-2H3,(H,19,22)(H,20,21)/t12-/m1/s1. The second kappa shape index (κ2) is 6.85. The first-order valence-electron chi connectivity index (χ1n) is 6.90. The molecule has 0 saturated carbocycles. The topological polar surface area (TPSA) is 58.2 Å². The second-order valence-electron chi connectivity index (χ2n) is 5.01. The highest BCUT2D eigenvalue weighted by Crippen LogP contribution is 2.15. The Kier molecular flexibility index (Phi) is 4.88. The zero-order chi connectivity index (χ0) is 16.1. The number of nitrogens with one attached hydrogen (secondary N) is 2. The van der Waals surface area contributed by atoms with E-state index in [4.69, 9.17) is 0 Å². The van der Waals surface area contributed by atoms with Crippen molar-refractivity contribution in [1.82, 2.24) is 5.32 Å². The van der Waals surface area contributed by atoms with Gasteiger partial charge in [-0.05, 0) is 49.7 Å². The molecule has 22 heavy (non-hydrogen) atoms. The summed E-state index contributed by atoms with van der Waals surface area (Å²) in [6.07, 6.45) is 0. The summed E-state index contributed by atoms with van der Waals surface area (Å²) in [5, 5.41) is 5.30. The number of carbonyl (C=O) groups is 2. The summed E-state index contributed by atoms with van der Waals surface area (Å²) >= 11 is 0. The predicted molar refractivity (Wildman–Crippen MR) is 83.1 cm³/mol. The smallest absolute Gasteiger partial charge is 0.251 e. The van der Waals surface area contributed by atoms with Crippen LogP contribution in [0.2, 0.25) is 0 Å². The zero-order valence-electron chi connectivity index (χ0n) is 12.4. The Morgan fingerprint density at radius 3 is 2.41 bits per heavy atom. The third-order valence-electron chi connectivity index (χ3n) is 3.22. The van der Waals surface area contributed by atoms with Crippen molar-refractivity contribution < 1.29 is 14.0 Å². The van der Waals surface area contributed by atoms with Gasteiger partial charge in [0, 0.05) is 11.3 Å². The van der Waals surface area contributed by atoms with Crippen LogP contribution in [0.1, 0.15) is 22.8 Å². The Morgan fingerprint density at radius 1 is 1.09 bits per heavy atom. The monoisotopic (exact) mass is 300 g/mol. The summed E-state index contributed by atoms with van der Waals surface area (Å²) in [5.74, 6) is -1.04. The molecule has 0 spiro atoms. The van der Waals surface area contributed by atoms with Gasteiger partial charge in [-0.15, -0.1) is 0 Å². The van der Waals surface area contributed by atoms with Crippen LogP contribution in [-0.2, 0) is 4.79 Å². The predicted octanol–water partition coefficient (Wildman–Crippen LogP) is 2.89. The third-order valence-corrected chi connectivity index (χ3v) is 3.22. The molecule has 0 aliphatic heterocycles. The molecule has 0 saturated heterocycles. The lowest BCUT2D eigenvalue weighted by Crippen LogP contribution is -2.41. The molecule has 0 heterocycles. The van der Waals surface area contributed by atoms with Crippen molar-refractivity contribution in [1.29, 1.82) is 0 Å². The Balaban J connectivity index is 1.99. The maximum absolute atomic E-state index is 13.0. The minimum absolute atomic E-state index is 0.320. The molecular formula is C17H17FN2O2. The van der Waals surface area contributed by atoms with Crippen molar-refractivity contribution in [3.05, 3.63) is 65.5 Å². The lowest BCUT2D eigenvalue weighted by molar-refractivity contribution is -0.117. The third kappa shape index (κ3) is 3.91. The van der Waals surface area contributed by atoms with Crippen LogP contribution in [0, 0.1) is 12.7 Å². The average Bonchev–Trinajstić information content (AvgIpc) is 2.50. The molecule has 0 aliphatic carbocycles. The van der Waals surface area contributed by atoms with Crippen LogP contribution in [0.25, 0.3) is 0 Å². The normalized spacial score (nSPS) is 11.6. The van der Waals surface area contributed by atoms with Crippen LogP contribution in [0.5, 0.6) is 0 Å².